The predicted octanol–water partition coefficient (Wildman–Crippen LogP) is 0.729. The van der Waals surface area contributed by atoms with Gasteiger partial charge in [0, 0.05) is 126 Å². The summed E-state index contributed by atoms with van der Waals surface area (Å²) < 4.78 is 1.79. The second-order valence-electron chi connectivity index (χ2n) is 1.63. The third-order valence-corrected chi connectivity index (χ3v) is 0.847. The van der Waals surface area contributed by atoms with Crippen LogP contribution in [0.2, 0.25) is 0 Å². The van der Waals surface area contributed by atoms with Gasteiger partial charge < -0.3 is 0 Å². The van der Waals surface area contributed by atoms with Crippen LogP contribution in [0.4, 0.5) is 0 Å². The number of aryl methyl sites for hydroxylation is 2. The van der Waals surface area contributed by atoms with Crippen LogP contribution in [0, 0.1) is 120 Å². The van der Waals surface area contributed by atoms with Gasteiger partial charge in [-0.1, -0.05) is 0 Å². The number of aromatic nitrogens is 2. The van der Waals surface area contributed by atoms with Gasteiger partial charge in [0.1, 0.15) is 0 Å². The van der Waals surface area contributed by atoms with E-state index in [9.17, 15) is 0 Å². The Labute approximate surface area is 151 Å². The molecule has 0 aromatic carbocycles. The van der Waals surface area contributed by atoms with Gasteiger partial charge >= 0.3 is 0 Å². The zero-order valence-electron chi connectivity index (χ0n) is 5.61. The minimum absolute atomic E-state index is 0. The largest absolute Gasteiger partial charge is 0.276 e. The average molecular weight is 216 g/mol. The molecule has 0 radical (unpaired) electrons. The van der Waals surface area contributed by atoms with Gasteiger partial charge in [-0.25, -0.2) is 0 Å². The van der Waals surface area contributed by atoms with E-state index in [0.717, 1.165) is 5.69 Å². The van der Waals surface area contributed by atoms with Crippen LogP contribution < -0.4 is 0 Å². The Hall–Kier alpha value is 2.99. The summed E-state index contributed by atoms with van der Waals surface area (Å²) in [7, 11) is 1.91. The molecule has 0 bridgehead atoms. The maximum absolute atomic E-state index is 4.03. The van der Waals surface area contributed by atoms with Gasteiger partial charge in [-0.15, -0.1) is 0 Å². The first-order valence-electron chi connectivity index (χ1n) is 2.25. The number of nitrogens with zero attached hydrogens (tertiary/aromatic N) is 2. The normalized spacial score (nSPS) is 6.60. The van der Waals surface area contributed by atoms with E-state index in [0.29, 0.717) is 0 Å². The quantitative estimate of drug-likeness (QED) is 0.624. The van der Waals surface area contributed by atoms with E-state index in [1.54, 1.807) is 4.68 Å². The molecule has 0 amide bonds. The van der Waals surface area contributed by atoms with Crippen molar-refractivity contribution in [3.63, 3.8) is 0 Å². The van der Waals surface area contributed by atoms with E-state index >= 15 is 0 Å². The molecule has 0 unspecified atom stereocenters. The van der Waals surface area contributed by atoms with Crippen molar-refractivity contribution in [2.45, 2.75) is 6.92 Å². The van der Waals surface area contributed by atoms with Gasteiger partial charge in [-0.3, -0.25) is 4.68 Å². The molecule has 0 atom stereocenters. The summed E-state index contributed by atoms with van der Waals surface area (Å²) >= 11 is 0. The van der Waals surface area contributed by atoms with Gasteiger partial charge in [-0.05, 0) is 13.0 Å². The zero-order valence-corrected chi connectivity index (χ0v) is 7.73. The molecule has 62 valence electrons. The molecule has 5 heteroatoms. The van der Waals surface area contributed by atoms with E-state index in [-0.39, 0.29) is 113 Å². The molecule has 0 aliphatic heterocycles. The first-order valence-corrected chi connectivity index (χ1v) is 2.25. The minimum atomic E-state index is 0. The van der Waals surface area contributed by atoms with Gasteiger partial charge in [0.15, 0.2) is 0 Å². The van der Waals surface area contributed by atoms with Crippen LogP contribution >= 0.6 is 0 Å². The molecule has 10 heavy (non-hydrogen) atoms. The molecule has 1 aromatic rings. The topological polar surface area (TPSA) is 17.8 Å². The predicted molar refractivity (Wildman–Crippen MR) is 27.9 cm³/mol. The van der Waals surface area contributed by atoms with Crippen molar-refractivity contribution < 1.29 is 113 Å². The summed E-state index contributed by atoms with van der Waals surface area (Å²) in [6, 6.07) is 1.97. The Balaban J connectivity index is -0.000000163. The summed E-state index contributed by atoms with van der Waals surface area (Å²) in [4.78, 5) is 0. The van der Waals surface area contributed by atoms with Crippen molar-refractivity contribution in [2.75, 3.05) is 0 Å². The average Bonchev–Trinajstić information content (AvgIpc) is 1.87. The second-order valence-corrected chi connectivity index (χ2v) is 1.63. The zero-order chi connectivity index (χ0) is 5.28. The number of rotatable bonds is 0. The van der Waals surface area contributed by atoms with E-state index in [2.05, 4.69) is 5.10 Å². The molecular weight excluding hydrogens is 208 g/mol. The van der Waals surface area contributed by atoms with Crippen LogP contribution in [-0.2, 0) is 7.05 Å². The smallest absolute Gasteiger partial charge is 0.0593 e. The summed E-state index contributed by atoms with van der Waals surface area (Å²) in [6.07, 6.45) is 1.93. The molecule has 1 heterocycles. The van der Waals surface area contributed by atoms with Crippen molar-refractivity contribution in [3.05, 3.63) is 18.0 Å². The molecule has 0 saturated heterocycles. The van der Waals surface area contributed by atoms with Crippen molar-refractivity contribution in [1.29, 1.82) is 0 Å². The Morgan fingerprint density at radius 2 is 1.80 bits per heavy atom. The Morgan fingerprint density at radius 3 is 1.90 bits per heavy atom. The third-order valence-electron chi connectivity index (χ3n) is 0.847. The van der Waals surface area contributed by atoms with Crippen LogP contribution in [0.25, 0.3) is 0 Å². The molecule has 1 rings (SSSR count). The van der Waals surface area contributed by atoms with Crippen molar-refractivity contribution in [1.82, 2.24) is 9.78 Å². The summed E-state index contributed by atoms with van der Waals surface area (Å²) in [5.74, 6) is 0. The molecule has 0 aliphatic rings. The van der Waals surface area contributed by atoms with Crippen LogP contribution in [0.15, 0.2) is 12.3 Å². The standard InChI is InChI=1S/C5H8N2.3Ar/c1-5-3-4-7(2)6-5;;;/h3-4H,1-2H3;;;. The van der Waals surface area contributed by atoms with Crippen molar-refractivity contribution in [3.8, 4) is 0 Å². The van der Waals surface area contributed by atoms with Crippen LogP contribution in [0.3, 0.4) is 0 Å². The van der Waals surface area contributed by atoms with Gasteiger partial charge in [0.2, 0.25) is 0 Å². The molecule has 0 spiro atoms. The maximum Gasteiger partial charge on any atom is 0.0593 e. The van der Waals surface area contributed by atoms with Crippen LogP contribution in [-0.4, -0.2) is 9.78 Å². The van der Waals surface area contributed by atoms with E-state index in [1.165, 1.54) is 0 Å². The fourth-order valence-electron chi connectivity index (χ4n) is 0.531. The molecule has 0 fully saturated rings. The summed E-state index contributed by atoms with van der Waals surface area (Å²) in [5, 5.41) is 4.03. The molecule has 0 N–H and O–H groups in total. The molecule has 2 nitrogen and oxygen atoms in total. The summed E-state index contributed by atoms with van der Waals surface area (Å²) in [6.45, 7) is 1.97. The monoisotopic (exact) mass is 216 g/mol. The van der Waals surface area contributed by atoms with E-state index < -0.39 is 0 Å². The van der Waals surface area contributed by atoms with Crippen LogP contribution in [0.5, 0.6) is 0 Å². The number of hydrogen-bond acceptors (Lipinski definition) is 1. The Morgan fingerprint density at radius 1 is 1.30 bits per heavy atom. The number of hydrogen-bond donors (Lipinski definition) is 0. The second kappa shape index (κ2) is 10.1. The summed E-state index contributed by atoms with van der Waals surface area (Å²) in [5.41, 5.74) is 1.07. The minimum Gasteiger partial charge on any atom is -0.276 e. The Bertz CT molecular complexity index is 147. The van der Waals surface area contributed by atoms with E-state index in [4.69, 9.17) is 0 Å². The maximum atomic E-state index is 4.03. The Kier molecular flexibility index (Phi) is 18.8. The van der Waals surface area contributed by atoms with E-state index in [1.807, 2.05) is 26.2 Å². The fourth-order valence-corrected chi connectivity index (χ4v) is 0.531. The van der Waals surface area contributed by atoms with Gasteiger partial charge in [0.25, 0.3) is 0 Å². The van der Waals surface area contributed by atoms with Crippen LogP contribution in [0.1, 0.15) is 5.69 Å². The third kappa shape index (κ3) is 7.63. The van der Waals surface area contributed by atoms with Gasteiger partial charge in [-0.2, -0.15) is 5.10 Å². The molecule has 1 aromatic heterocycles. The van der Waals surface area contributed by atoms with Crippen molar-refractivity contribution in [2.24, 2.45) is 7.05 Å². The SMILES string of the molecule is Cc1ccn(C)n1.[Ar].[Ar].[Ar]. The first kappa shape index (κ1) is 18.7. The molecule has 0 saturated carbocycles. The fraction of sp³-hybridized carbons (Fsp3) is 0.400. The molecular formula is C5H8Ar3N2. The van der Waals surface area contributed by atoms with Gasteiger partial charge in [0.05, 0.1) is 5.69 Å². The first-order chi connectivity index (χ1) is 3.29. The molecule has 0 aliphatic carbocycles. The van der Waals surface area contributed by atoms with Crippen molar-refractivity contribution >= 4 is 0 Å².